The third-order valence-corrected chi connectivity index (χ3v) is 3.93. The van der Waals surface area contributed by atoms with Crippen LogP contribution in [0.2, 0.25) is 0 Å². The van der Waals surface area contributed by atoms with E-state index in [1.807, 2.05) is 0 Å². The number of anilines is 1. The van der Waals surface area contributed by atoms with E-state index in [0.717, 1.165) is 0 Å². The van der Waals surface area contributed by atoms with E-state index in [1.165, 1.54) is 24.3 Å². The number of H-pyrrole nitrogens is 2. The molecular formula is C11H9N7O3S2. The van der Waals surface area contributed by atoms with Gasteiger partial charge in [0, 0.05) is 0 Å². The van der Waals surface area contributed by atoms with Gasteiger partial charge in [-0.2, -0.15) is 13.4 Å². The van der Waals surface area contributed by atoms with Crippen LogP contribution in [0.3, 0.4) is 0 Å². The van der Waals surface area contributed by atoms with Crippen molar-refractivity contribution < 1.29 is 13.0 Å². The SMILES string of the molecule is Nc1nc(=S)c2[nH]c(N=Nc3ccc(S(=O)(=O)O)cc3)nc2[nH]1. The van der Waals surface area contributed by atoms with Crippen molar-refractivity contribution in [2.24, 2.45) is 10.2 Å². The Balaban J connectivity index is 1.91. The van der Waals surface area contributed by atoms with E-state index >= 15 is 0 Å². The highest BCUT2D eigenvalue weighted by Crippen LogP contribution is 2.20. The lowest BCUT2D eigenvalue weighted by atomic mass is 10.3. The fourth-order valence-corrected chi connectivity index (χ4v) is 2.48. The molecule has 0 amide bonds. The maximum absolute atomic E-state index is 10.9. The van der Waals surface area contributed by atoms with E-state index in [1.54, 1.807) is 0 Å². The zero-order valence-corrected chi connectivity index (χ0v) is 12.9. The number of aromatic amines is 2. The lowest BCUT2D eigenvalue weighted by Crippen LogP contribution is -1.96. The molecule has 0 aliphatic carbocycles. The Labute approximate surface area is 134 Å². The Hall–Kier alpha value is -2.70. The molecular weight excluding hydrogens is 342 g/mol. The van der Waals surface area contributed by atoms with Gasteiger partial charge in [-0.1, -0.05) is 12.2 Å². The normalized spacial score (nSPS) is 12.2. The average molecular weight is 351 g/mol. The molecule has 10 nitrogen and oxygen atoms in total. The molecule has 2 aromatic heterocycles. The summed E-state index contributed by atoms with van der Waals surface area (Å²) in [5, 5.41) is 7.79. The number of azo groups is 1. The Morgan fingerprint density at radius 3 is 2.48 bits per heavy atom. The van der Waals surface area contributed by atoms with Crippen LogP contribution in [-0.2, 0) is 10.1 Å². The second-order valence-electron chi connectivity index (χ2n) is 4.38. The van der Waals surface area contributed by atoms with Crippen LogP contribution in [0.25, 0.3) is 11.2 Å². The predicted octanol–water partition coefficient (Wildman–Crippen LogP) is 2.26. The largest absolute Gasteiger partial charge is 0.369 e. The lowest BCUT2D eigenvalue weighted by Gasteiger charge is -1.96. The van der Waals surface area contributed by atoms with Crippen LogP contribution in [0.4, 0.5) is 17.6 Å². The minimum Gasteiger partial charge on any atom is -0.369 e. The molecule has 0 spiro atoms. The zero-order valence-electron chi connectivity index (χ0n) is 11.3. The quantitative estimate of drug-likeness (QED) is 0.319. The van der Waals surface area contributed by atoms with Crippen molar-refractivity contribution in [3.63, 3.8) is 0 Å². The molecule has 23 heavy (non-hydrogen) atoms. The van der Waals surface area contributed by atoms with Crippen molar-refractivity contribution >= 4 is 51.1 Å². The van der Waals surface area contributed by atoms with Crippen molar-refractivity contribution in [3.05, 3.63) is 28.9 Å². The molecule has 0 radical (unpaired) electrons. The van der Waals surface area contributed by atoms with Gasteiger partial charge in [0.15, 0.2) is 10.3 Å². The summed E-state index contributed by atoms with van der Waals surface area (Å²) in [6, 6.07) is 5.20. The summed E-state index contributed by atoms with van der Waals surface area (Å²) in [6.45, 7) is 0. The van der Waals surface area contributed by atoms with Gasteiger partial charge in [0.1, 0.15) is 5.52 Å². The van der Waals surface area contributed by atoms with Crippen LogP contribution in [0, 0.1) is 4.64 Å². The second kappa shape index (κ2) is 5.49. The van der Waals surface area contributed by atoms with E-state index in [0.29, 0.717) is 16.9 Å². The van der Waals surface area contributed by atoms with Crippen LogP contribution in [-0.4, -0.2) is 32.9 Å². The van der Waals surface area contributed by atoms with Crippen molar-refractivity contribution in [1.82, 2.24) is 19.9 Å². The monoisotopic (exact) mass is 351 g/mol. The molecule has 1 aromatic carbocycles. The van der Waals surface area contributed by atoms with Crippen LogP contribution in [0.5, 0.6) is 0 Å². The molecule has 0 bridgehead atoms. The number of rotatable bonds is 3. The molecule has 5 N–H and O–H groups in total. The summed E-state index contributed by atoms with van der Waals surface area (Å²) in [6.07, 6.45) is 0. The number of aromatic nitrogens is 4. The number of nitrogens with zero attached hydrogens (tertiary/aromatic N) is 4. The first-order valence-electron chi connectivity index (χ1n) is 6.08. The third kappa shape index (κ3) is 3.23. The van der Waals surface area contributed by atoms with E-state index in [9.17, 15) is 8.42 Å². The van der Waals surface area contributed by atoms with Gasteiger partial charge in [0.25, 0.3) is 10.1 Å². The number of nitrogens with two attached hydrogens (primary N) is 1. The highest BCUT2D eigenvalue weighted by molar-refractivity contribution is 7.85. The van der Waals surface area contributed by atoms with Crippen LogP contribution in [0.1, 0.15) is 0 Å². The van der Waals surface area contributed by atoms with Crippen molar-refractivity contribution in [2.75, 3.05) is 5.73 Å². The minimum absolute atomic E-state index is 0.137. The molecule has 0 saturated carbocycles. The van der Waals surface area contributed by atoms with Gasteiger partial charge >= 0.3 is 0 Å². The average Bonchev–Trinajstić information content (AvgIpc) is 2.88. The summed E-state index contributed by atoms with van der Waals surface area (Å²) in [4.78, 5) is 13.3. The molecule has 0 fully saturated rings. The van der Waals surface area contributed by atoms with E-state index in [2.05, 4.69) is 30.2 Å². The molecule has 118 valence electrons. The van der Waals surface area contributed by atoms with E-state index < -0.39 is 10.1 Å². The summed E-state index contributed by atoms with van der Waals surface area (Å²) in [5.41, 5.74) is 6.79. The summed E-state index contributed by atoms with van der Waals surface area (Å²) < 4.78 is 31.0. The number of hydrogen-bond acceptors (Lipinski definition) is 8. The molecule has 0 atom stereocenters. The minimum atomic E-state index is -4.24. The van der Waals surface area contributed by atoms with Gasteiger partial charge in [-0.05, 0) is 24.3 Å². The molecule has 0 aliphatic rings. The molecule has 2 heterocycles. The first kappa shape index (κ1) is 15.2. The maximum Gasteiger partial charge on any atom is 0.294 e. The number of imidazole rings is 1. The third-order valence-electron chi connectivity index (χ3n) is 2.77. The molecule has 0 saturated heterocycles. The van der Waals surface area contributed by atoms with E-state index in [-0.39, 0.29) is 21.4 Å². The molecule has 0 aliphatic heterocycles. The first-order chi connectivity index (χ1) is 10.8. The van der Waals surface area contributed by atoms with Gasteiger partial charge < -0.3 is 15.7 Å². The highest BCUT2D eigenvalue weighted by Gasteiger charge is 2.08. The fourth-order valence-electron chi connectivity index (χ4n) is 1.76. The van der Waals surface area contributed by atoms with E-state index in [4.69, 9.17) is 22.5 Å². The number of fused-ring (bicyclic) bond motifs is 1. The number of benzene rings is 1. The topological polar surface area (TPSA) is 162 Å². The smallest absolute Gasteiger partial charge is 0.294 e. The van der Waals surface area contributed by atoms with Gasteiger partial charge in [-0.15, -0.1) is 10.2 Å². The Kier molecular flexibility index (Phi) is 3.63. The zero-order chi connectivity index (χ0) is 16.6. The lowest BCUT2D eigenvalue weighted by molar-refractivity contribution is 0.483. The maximum atomic E-state index is 10.9. The van der Waals surface area contributed by atoms with Gasteiger partial charge in [0.05, 0.1) is 10.6 Å². The fraction of sp³-hybridized carbons (Fsp3) is 0. The van der Waals surface area contributed by atoms with Crippen molar-refractivity contribution in [3.8, 4) is 0 Å². The highest BCUT2D eigenvalue weighted by atomic mass is 32.2. The summed E-state index contributed by atoms with van der Waals surface area (Å²) in [7, 11) is -4.24. The number of nitrogen functional groups attached to an aromatic ring is 1. The summed E-state index contributed by atoms with van der Waals surface area (Å²) >= 11 is 5.05. The number of nitrogens with one attached hydrogen (secondary N) is 2. The van der Waals surface area contributed by atoms with Crippen molar-refractivity contribution in [2.45, 2.75) is 4.90 Å². The molecule has 12 heteroatoms. The van der Waals surface area contributed by atoms with Gasteiger partial charge in [-0.3, -0.25) is 4.55 Å². The summed E-state index contributed by atoms with van der Waals surface area (Å²) in [5.74, 6) is 0.312. The molecule has 3 aromatic rings. The predicted molar refractivity (Wildman–Crippen MR) is 83.9 cm³/mol. The second-order valence-corrected chi connectivity index (χ2v) is 6.19. The van der Waals surface area contributed by atoms with Crippen molar-refractivity contribution in [1.29, 1.82) is 0 Å². The van der Waals surface area contributed by atoms with Crippen LogP contribution in [0.15, 0.2) is 39.4 Å². The number of hydrogen-bond donors (Lipinski definition) is 4. The van der Waals surface area contributed by atoms with Crippen LogP contribution < -0.4 is 5.73 Å². The van der Waals surface area contributed by atoms with Gasteiger partial charge in [-0.25, -0.2) is 4.98 Å². The van der Waals surface area contributed by atoms with Gasteiger partial charge in [0.2, 0.25) is 11.9 Å². The Bertz CT molecular complexity index is 1070. The Morgan fingerprint density at radius 2 is 1.83 bits per heavy atom. The standard InChI is InChI=1S/C11H9N7O3S2/c12-10-14-8-7(9(22)16-10)13-11(15-8)18-17-5-1-3-6(4-2-5)23(19,20)21/h1-4H,(H,19,20,21)(H4,12,13,14,15,16,22). The molecule has 3 rings (SSSR count). The first-order valence-corrected chi connectivity index (χ1v) is 7.92. The van der Waals surface area contributed by atoms with Crippen LogP contribution >= 0.6 is 12.2 Å². The molecule has 0 unspecified atom stereocenters. The Morgan fingerprint density at radius 1 is 1.13 bits per heavy atom.